The third-order valence-electron chi connectivity index (χ3n) is 4.62. The molecule has 0 atom stereocenters. The normalized spacial score (nSPS) is 14.5. The van der Waals surface area contributed by atoms with Crippen LogP contribution in [-0.2, 0) is 22.7 Å². The number of phenolic OH excluding ortho intramolecular Hbond substituents is 1. The van der Waals surface area contributed by atoms with Gasteiger partial charge in [0.1, 0.15) is 11.5 Å². The Kier molecular flexibility index (Phi) is 8.91. The number of carbonyl (C=O) groups is 2. The van der Waals surface area contributed by atoms with Crippen molar-refractivity contribution in [2.24, 2.45) is 0 Å². The van der Waals surface area contributed by atoms with Gasteiger partial charge in [0.2, 0.25) is 0 Å². The predicted molar refractivity (Wildman–Crippen MR) is 112 cm³/mol. The molecule has 1 heterocycles. The van der Waals surface area contributed by atoms with Crippen molar-refractivity contribution in [3.8, 4) is 11.5 Å². The molecule has 0 spiro atoms. The molecule has 162 valence electrons. The zero-order valence-electron chi connectivity index (χ0n) is 16.6. The van der Waals surface area contributed by atoms with Crippen LogP contribution < -0.4 is 4.74 Å². The molecule has 2 aromatic carbocycles. The van der Waals surface area contributed by atoms with Crippen LogP contribution in [0.1, 0.15) is 11.1 Å². The van der Waals surface area contributed by atoms with Crippen LogP contribution in [-0.4, -0.2) is 70.3 Å². The number of halogens is 1. The Labute approximate surface area is 179 Å². The molecule has 1 saturated heterocycles. The summed E-state index contributed by atoms with van der Waals surface area (Å²) in [6.45, 7) is 5.66. The van der Waals surface area contributed by atoms with E-state index in [9.17, 15) is 5.11 Å². The number of benzene rings is 2. The first-order valence-electron chi connectivity index (χ1n) is 9.29. The molecule has 0 unspecified atom stereocenters. The standard InChI is InChI=1S/C19H23ClN2O2.C2H2O4/c1-24-18-5-6-19(23)16(12-18)14-22-9-7-21(8-10-22)13-15-3-2-4-17(20)11-15;3-1(4)2(5)6/h2-6,11-12,23H,7-10,13-14H2,1H3;(H,3,4)(H,5,6). The molecule has 1 aliphatic rings. The van der Waals surface area contributed by atoms with Crippen LogP contribution >= 0.6 is 11.6 Å². The number of aromatic hydroxyl groups is 1. The van der Waals surface area contributed by atoms with Crippen molar-refractivity contribution in [2.75, 3.05) is 33.3 Å². The Morgan fingerprint density at radius 1 is 0.967 bits per heavy atom. The highest BCUT2D eigenvalue weighted by Crippen LogP contribution is 2.24. The van der Waals surface area contributed by atoms with E-state index in [0.717, 1.165) is 55.6 Å². The van der Waals surface area contributed by atoms with Gasteiger partial charge in [-0.1, -0.05) is 23.7 Å². The Morgan fingerprint density at radius 2 is 1.57 bits per heavy atom. The van der Waals surface area contributed by atoms with Crippen LogP contribution in [0.15, 0.2) is 42.5 Å². The van der Waals surface area contributed by atoms with Gasteiger partial charge in [0.25, 0.3) is 0 Å². The lowest BCUT2D eigenvalue weighted by atomic mass is 10.1. The molecule has 30 heavy (non-hydrogen) atoms. The summed E-state index contributed by atoms with van der Waals surface area (Å²) in [5.74, 6) is -2.54. The first kappa shape index (κ1) is 23.5. The molecule has 8 nitrogen and oxygen atoms in total. The fourth-order valence-corrected chi connectivity index (χ4v) is 3.27. The molecular formula is C21H25ClN2O6. The molecule has 1 aliphatic heterocycles. The van der Waals surface area contributed by atoms with Crippen LogP contribution in [0.4, 0.5) is 0 Å². The average Bonchev–Trinajstić information content (AvgIpc) is 2.71. The van der Waals surface area contributed by atoms with E-state index in [1.807, 2.05) is 24.3 Å². The van der Waals surface area contributed by atoms with E-state index >= 15 is 0 Å². The smallest absolute Gasteiger partial charge is 0.414 e. The van der Waals surface area contributed by atoms with Crippen LogP contribution in [0.2, 0.25) is 5.02 Å². The van der Waals surface area contributed by atoms with E-state index < -0.39 is 11.9 Å². The lowest BCUT2D eigenvalue weighted by Gasteiger charge is -2.34. The molecule has 0 aromatic heterocycles. The van der Waals surface area contributed by atoms with Gasteiger partial charge in [0.05, 0.1) is 7.11 Å². The molecule has 9 heteroatoms. The van der Waals surface area contributed by atoms with Gasteiger partial charge in [-0.25, -0.2) is 9.59 Å². The van der Waals surface area contributed by atoms with Crippen molar-refractivity contribution in [2.45, 2.75) is 13.1 Å². The van der Waals surface area contributed by atoms with Gasteiger partial charge in [-0.15, -0.1) is 0 Å². The van der Waals surface area contributed by atoms with Gasteiger partial charge in [0, 0.05) is 49.9 Å². The molecule has 0 saturated carbocycles. The highest BCUT2D eigenvalue weighted by Gasteiger charge is 2.18. The largest absolute Gasteiger partial charge is 0.508 e. The van der Waals surface area contributed by atoms with Crippen molar-refractivity contribution < 1.29 is 29.6 Å². The number of carboxylic acids is 2. The zero-order chi connectivity index (χ0) is 22.1. The molecule has 2 aromatic rings. The molecule has 3 rings (SSSR count). The van der Waals surface area contributed by atoms with Gasteiger partial charge >= 0.3 is 11.9 Å². The minimum Gasteiger partial charge on any atom is -0.508 e. The van der Waals surface area contributed by atoms with E-state index in [1.54, 1.807) is 19.2 Å². The third-order valence-corrected chi connectivity index (χ3v) is 4.86. The van der Waals surface area contributed by atoms with Crippen LogP contribution in [0, 0.1) is 0 Å². The highest BCUT2D eigenvalue weighted by atomic mass is 35.5. The summed E-state index contributed by atoms with van der Waals surface area (Å²) >= 11 is 6.05. The summed E-state index contributed by atoms with van der Waals surface area (Å²) in [5.41, 5.74) is 2.17. The first-order valence-corrected chi connectivity index (χ1v) is 9.67. The van der Waals surface area contributed by atoms with Gasteiger partial charge in [0.15, 0.2) is 0 Å². The van der Waals surface area contributed by atoms with Gasteiger partial charge in [-0.2, -0.15) is 0 Å². The zero-order valence-corrected chi connectivity index (χ0v) is 17.4. The lowest BCUT2D eigenvalue weighted by Crippen LogP contribution is -2.45. The molecule has 0 bridgehead atoms. The maximum atomic E-state index is 10.0. The number of methoxy groups -OCH3 is 1. The van der Waals surface area contributed by atoms with Crippen LogP contribution in [0.25, 0.3) is 0 Å². The second kappa shape index (κ2) is 11.4. The van der Waals surface area contributed by atoms with Gasteiger partial charge in [-0.05, 0) is 35.9 Å². The van der Waals surface area contributed by atoms with Crippen LogP contribution in [0.5, 0.6) is 11.5 Å². The van der Waals surface area contributed by atoms with E-state index in [-0.39, 0.29) is 0 Å². The quantitative estimate of drug-likeness (QED) is 0.613. The monoisotopic (exact) mass is 436 g/mol. The minimum atomic E-state index is -1.82. The molecule has 0 radical (unpaired) electrons. The molecule has 0 amide bonds. The number of aliphatic carboxylic acids is 2. The fourth-order valence-electron chi connectivity index (χ4n) is 3.06. The van der Waals surface area contributed by atoms with Crippen molar-refractivity contribution in [3.63, 3.8) is 0 Å². The second-order valence-electron chi connectivity index (χ2n) is 6.79. The molecule has 0 aliphatic carbocycles. The highest BCUT2D eigenvalue weighted by molar-refractivity contribution is 6.30. The van der Waals surface area contributed by atoms with Crippen molar-refractivity contribution in [1.29, 1.82) is 0 Å². The Balaban J connectivity index is 0.000000469. The third kappa shape index (κ3) is 7.55. The van der Waals surface area contributed by atoms with Crippen LogP contribution in [0.3, 0.4) is 0 Å². The molecular weight excluding hydrogens is 412 g/mol. The van der Waals surface area contributed by atoms with Gasteiger partial charge in [-0.3, -0.25) is 9.80 Å². The van der Waals surface area contributed by atoms with E-state index in [1.165, 1.54) is 5.56 Å². The Bertz CT molecular complexity index is 856. The number of carboxylic acid groups (broad SMARTS) is 2. The summed E-state index contributed by atoms with van der Waals surface area (Å²) in [7, 11) is 1.64. The maximum absolute atomic E-state index is 10.0. The fraction of sp³-hybridized carbons (Fsp3) is 0.333. The second-order valence-corrected chi connectivity index (χ2v) is 7.22. The number of hydrogen-bond acceptors (Lipinski definition) is 6. The average molecular weight is 437 g/mol. The molecule has 1 fully saturated rings. The van der Waals surface area contributed by atoms with E-state index in [2.05, 4.69) is 15.9 Å². The first-order chi connectivity index (χ1) is 14.3. The van der Waals surface area contributed by atoms with E-state index in [0.29, 0.717) is 5.75 Å². The van der Waals surface area contributed by atoms with Crippen molar-refractivity contribution in [3.05, 3.63) is 58.6 Å². The number of hydrogen-bond donors (Lipinski definition) is 3. The minimum absolute atomic E-state index is 0.331. The molecule has 3 N–H and O–H groups in total. The number of rotatable bonds is 5. The van der Waals surface area contributed by atoms with E-state index in [4.69, 9.17) is 36.1 Å². The number of ether oxygens (including phenoxy) is 1. The number of piperazine rings is 1. The summed E-state index contributed by atoms with van der Waals surface area (Å²) in [6.07, 6.45) is 0. The lowest BCUT2D eigenvalue weighted by molar-refractivity contribution is -0.159. The number of nitrogens with zero attached hydrogens (tertiary/aromatic N) is 2. The summed E-state index contributed by atoms with van der Waals surface area (Å²) in [5, 5.41) is 25.6. The SMILES string of the molecule is COc1ccc(O)c(CN2CCN(Cc3cccc(Cl)c3)CC2)c1.O=C(O)C(=O)O. The summed E-state index contributed by atoms with van der Waals surface area (Å²) < 4.78 is 5.24. The van der Waals surface area contributed by atoms with Crippen molar-refractivity contribution in [1.82, 2.24) is 9.80 Å². The Hall–Kier alpha value is -2.81. The summed E-state index contributed by atoms with van der Waals surface area (Å²) in [6, 6.07) is 13.4. The summed E-state index contributed by atoms with van der Waals surface area (Å²) in [4.78, 5) is 23.0. The number of phenols is 1. The topological polar surface area (TPSA) is 111 Å². The maximum Gasteiger partial charge on any atom is 0.414 e. The predicted octanol–water partition coefficient (Wildman–Crippen LogP) is 2.53. The van der Waals surface area contributed by atoms with Gasteiger partial charge < -0.3 is 20.1 Å². The Morgan fingerprint density at radius 3 is 2.10 bits per heavy atom. The van der Waals surface area contributed by atoms with Crippen molar-refractivity contribution >= 4 is 23.5 Å².